The second-order valence-corrected chi connectivity index (χ2v) is 5.42. The topological polar surface area (TPSA) is 57.1 Å². The van der Waals surface area contributed by atoms with E-state index in [0.29, 0.717) is 11.4 Å². The standard InChI is InChI=1S/C15H14N4OS.C2H6/c1-9-8-13-16-14(17-15(21-3)19(13)18-9)12-6-4-11(5-7-12)10(2)20;1-2/h4-8,18H,1H2,2-3H3;1-2H3. The predicted octanol–water partition coefficient (Wildman–Crippen LogP) is 3.57. The summed E-state index contributed by atoms with van der Waals surface area (Å²) in [5.74, 6) is 1.45. The minimum atomic E-state index is 0.0469. The normalized spacial score (nSPS) is 15.6. The van der Waals surface area contributed by atoms with Crippen LogP contribution in [0.15, 0.2) is 58.4 Å². The van der Waals surface area contributed by atoms with E-state index in [1.54, 1.807) is 24.1 Å². The van der Waals surface area contributed by atoms with Gasteiger partial charge in [0, 0.05) is 17.2 Å². The lowest BCUT2D eigenvalue weighted by atomic mass is 10.1. The van der Waals surface area contributed by atoms with E-state index in [0.717, 1.165) is 22.2 Å². The van der Waals surface area contributed by atoms with E-state index in [9.17, 15) is 4.79 Å². The van der Waals surface area contributed by atoms with Crippen molar-refractivity contribution in [3.05, 3.63) is 59.6 Å². The summed E-state index contributed by atoms with van der Waals surface area (Å²) in [6.45, 7) is 9.43. The van der Waals surface area contributed by atoms with Crippen molar-refractivity contribution < 1.29 is 4.79 Å². The Morgan fingerprint density at radius 3 is 2.43 bits per heavy atom. The number of aliphatic imine (C=N–C) groups is 2. The lowest BCUT2D eigenvalue weighted by molar-refractivity contribution is 0.101. The van der Waals surface area contributed by atoms with Crippen LogP contribution in [0.5, 0.6) is 0 Å². The number of benzene rings is 1. The van der Waals surface area contributed by atoms with Crippen LogP contribution in [0, 0.1) is 0 Å². The van der Waals surface area contributed by atoms with Gasteiger partial charge < -0.3 is 0 Å². The number of hydrogen-bond acceptors (Lipinski definition) is 6. The van der Waals surface area contributed by atoms with Crippen molar-refractivity contribution >= 4 is 28.5 Å². The first kappa shape index (κ1) is 17.0. The molecule has 1 aromatic rings. The Balaban J connectivity index is 0.000000924. The molecule has 0 aromatic heterocycles. The molecule has 23 heavy (non-hydrogen) atoms. The number of carbonyl (C=O) groups excluding carboxylic acids is 1. The summed E-state index contributed by atoms with van der Waals surface area (Å²) < 4.78 is 0. The monoisotopic (exact) mass is 328 g/mol. The van der Waals surface area contributed by atoms with Gasteiger partial charge in [-0.1, -0.05) is 56.5 Å². The molecule has 0 radical (unpaired) electrons. The van der Waals surface area contributed by atoms with Crippen molar-refractivity contribution in [1.29, 1.82) is 0 Å². The van der Waals surface area contributed by atoms with Gasteiger partial charge in [-0.3, -0.25) is 10.2 Å². The number of hydrogen-bond donors (Lipinski definition) is 1. The zero-order chi connectivity index (χ0) is 17.0. The molecule has 0 atom stereocenters. The predicted molar refractivity (Wildman–Crippen MR) is 97.5 cm³/mol. The average molecular weight is 328 g/mol. The lowest BCUT2D eigenvalue weighted by Crippen LogP contribution is -2.37. The molecular formula is C17H20N4OS. The van der Waals surface area contributed by atoms with E-state index in [1.807, 2.05) is 38.3 Å². The minimum absolute atomic E-state index is 0.0469. The minimum Gasteiger partial charge on any atom is -0.295 e. The maximum atomic E-state index is 11.3. The van der Waals surface area contributed by atoms with Gasteiger partial charge in [-0.2, -0.15) is 0 Å². The molecule has 0 unspecified atom stereocenters. The zero-order valence-electron chi connectivity index (χ0n) is 13.8. The second kappa shape index (κ2) is 7.28. The van der Waals surface area contributed by atoms with E-state index < -0.39 is 0 Å². The van der Waals surface area contributed by atoms with Gasteiger partial charge in [-0.25, -0.2) is 15.0 Å². The quantitative estimate of drug-likeness (QED) is 0.843. The smallest absolute Gasteiger partial charge is 0.190 e. The average Bonchev–Trinajstić information content (AvgIpc) is 2.96. The molecule has 0 spiro atoms. The number of thioether (sulfide) groups is 1. The maximum Gasteiger partial charge on any atom is 0.190 e. The van der Waals surface area contributed by atoms with Crippen LogP contribution in [0.3, 0.4) is 0 Å². The van der Waals surface area contributed by atoms with Crippen LogP contribution in [0.2, 0.25) is 0 Å². The Morgan fingerprint density at radius 1 is 1.22 bits per heavy atom. The van der Waals surface area contributed by atoms with Crippen LogP contribution in [0.4, 0.5) is 0 Å². The number of carbonyl (C=O) groups is 1. The number of amidine groups is 2. The van der Waals surface area contributed by atoms with Gasteiger partial charge in [-0.15, -0.1) is 0 Å². The fourth-order valence-electron chi connectivity index (χ4n) is 2.08. The van der Waals surface area contributed by atoms with Gasteiger partial charge in [-0.05, 0) is 13.2 Å². The molecule has 120 valence electrons. The largest absolute Gasteiger partial charge is 0.295 e. The summed E-state index contributed by atoms with van der Waals surface area (Å²) in [4.78, 5) is 20.4. The molecular weight excluding hydrogens is 308 g/mol. The Kier molecular flexibility index (Phi) is 5.39. The highest BCUT2D eigenvalue weighted by Crippen LogP contribution is 2.25. The van der Waals surface area contributed by atoms with Crippen molar-refractivity contribution in [3.8, 4) is 0 Å². The van der Waals surface area contributed by atoms with Crippen molar-refractivity contribution in [2.45, 2.75) is 20.8 Å². The molecule has 1 aromatic carbocycles. The van der Waals surface area contributed by atoms with Crippen LogP contribution in [0.1, 0.15) is 36.7 Å². The first-order valence-electron chi connectivity index (χ1n) is 7.38. The molecule has 1 N–H and O–H groups in total. The summed E-state index contributed by atoms with van der Waals surface area (Å²) in [7, 11) is 0. The van der Waals surface area contributed by atoms with Gasteiger partial charge in [0.25, 0.3) is 0 Å². The first-order chi connectivity index (χ1) is 11.1. The van der Waals surface area contributed by atoms with Gasteiger partial charge in [0.1, 0.15) is 0 Å². The molecule has 2 aliphatic heterocycles. The third-order valence-corrected chi connectivity index (χ3v) is 3.77. The number of ketones is 1. The van der Waals surface area contributed by atoms with Gasteiger partial charge in [0.2, 0.25) is 0 Å². The van der Waals surface area contributed by atoms with Crippen LogP contribution >= 0.6 is 11.8 Å². The molecule has 2 aliphatic rings. The van der Waals surface area contributed by atoms with Crippen molar-refractivity contribution in [2.24, 2.45) is 9.98 Å². The summed E-state index contributed by atoms with van der Waals surface area (Å²) >= 11 is 1.53. The molecule has 0 fully saturated rings. The number of hydrazine groups is 1. The van der Waals surface area contributed by atoms with Gasteiger partial charge in [0.15, 0.2) is 22.6 Å². The molecule has 0 amide bonds. The highest BCUT2D eigenvalue weighted by atomic mass is 32.2. The van der Waals surface area contributed by atoms with Crippen LogP contribution in [-0.4, -0.2) is 28.1 Å². The number of nitrogens with one attached hydrogen (secondary N) is 1. The maximum absolute atomic E-state index is 11.3. The van der Waals surface area contributed by atoms with Crippen LogP contribution in [0.25, 0.3) is 0 Å². The van der Waals surface area contributed by atoms with Crippen molar-refractivity contribution in [1.82, 2.24) is 10.4 Å². The Labute approximate surface area is 140 Å². The van der Waals surface area contributed by atoms with E-state index in [4.69, 9.17) is 0 Å². The number of allylic oxidation sites excluding steroid dienone is 1. The summed E-state index contributed by atoms with van der Waals surface area (Å²) in [5, 5.41) is 2.61. The molecule has 6 heteroatoms. The molecule has 0 saturated heterocycles. The second-order valence-electron chi connectivity index (χ2n) is 4.64. The highest BCUT2D eigenvalue weighted by Gasteiger charge is 2.26. The first-order valence-corrected chi connectivity index (χ1v) is 8.61. The van der Waals surface area contributed by atoms with Crippen LogP contribution in [-0.2, 0) is 0 Å². The Bertz CT molecular complexity index is 717. The summed E-state index contributed by atoms with van der Waals surface area (Å²) in [6, 6.07) is 7.32. The zero-order valence-corrected chi connectivity index (χ0v) is 14.6. The van der Waals surface area contributed by atoms with E-state index >= 15 is 0 Å². The SMILES string of the molecule is C=C1C=C2N=C(c3ccc(C(C)=O)cc3)N=C(SC)N2N1.CC. The molecule has 0 bridgehead atoms. The number of Topliss-reactive ketones (excluding diaryl/α,β-unsaturated/α-hetero) is 1. The van der Waals surface area contributed by atoms with Crippen LogP contribution < -0.4 is 5.43 Å². The molecule has 0 aliphatic carbocycles. The third-order valence-electron chi connectivity index (χ3n) is 3.13. The number of nitrogens with zero attached hydrogens (tertiary/aromatic N) is 3. The number of rotatable bonds is 2. The van der Waals surface area contributed by atoms with E-state index in [2.05, 4.69) is 22.0 Å². The van der Waals surface area contributed by atoms with Crippen molar-refractivity contribution in [2.75, 3.05) is 6.26 Å². The fraction of sp³-hybridized carbons (Fsp3) is 0.235. The molecule has 3 rings (SSSR count). The van der Waals surface area contributed by atoms with E-state index in [-0.39, 0.29) is 5.78 Å². The Morgan fingerprint density at radius 2 is 1.87 bits per heavy atom. The highest BCUT2D eigenvalue weighted by molar-refractivity contribution is 8.13. The van der Waals surface area contributed by atoms with E-state index in [1.165, 1.54) is 11.8 Å². The molecule has 5 nitrogen and oxygen atoms in total. The number of fused-ring (bicyclic) bond motifs is 1. The van der Waals surface area contributed by atoms with Gasteiger partial charge in [0.05, 0.1) is 5.70 Å². The Hall–Kier alpha value is -2.34. The molecule has 0 saturated carbocycles. The summed E-state index contributed by atoms with van der Waals surface area (Å²) in [5.41, 5.74) is 5.44. The molecule has 2 heterocycles. The summed E-state index contributed by atoms with van der Waals surface area (Å²) in [6.07, 6.45) is 3.83. The van der Waals surface area contributed by atoms with Gasteiger partial charge >= 0.3 is 0 Å². The third kappa shape index (κ3) is 3.53. The van der Waals surface area contributed by atoms with Crippen molar-refractivity contribution in [3.63, 3.8) is 0 Å². The fourth-order valence-corrected chi connectivity index (χ4v) is 2.58. The lowest BCUT2D eigenvalue weighted by Gasteiger charge is -2.24.